The number of hydrogen-bond donors (Lipinski definition) is 1. The van der Waals surface area contributed by atoms with E-state index < -0.39 is 0 Å². The van der Waals surface area contributed by atoms with E-state index >= 15 is 0 Å². The van der Waals surface area contributed by atoms with Crippen molar-refractivity contribution in [3.05, 3.63) is 29.1 Å². The van der Waals surface area contributed by atoms with Crippen LogP contribution in [-0.2, 0) is 0 Å². The van der Waals surface area contributed by atoms with Gasteiger partial charge in [0.1, 0.15) is 4.88 Å². The van der Waals surface area contributed by atoms with Crippen molar-refractivity contribution in [3.8, 4) is 0 Å². The Balaban J connectivity index is 2.42. The molecule has 0 radical (unpaired) electrons. The van der Waals surface area contributed by atoms with Gasteiger partial charge in [0.15, 0.2) is 0 Å². The van der Waals surface area contributed by atoms with Crippen molar-refractivity contribution in [3.63, 3.8) is 0 Å². The number of thiophene rings is 1. The Bertz CT molecular complexity index is 576. The first kappa shape index (κ1) is 12.9. The van der Waals surface area contributed by atoms with Gasteiger partial charge >= 0.3 is 0 Å². The predicted octanol–water partition coefficient (Wildman–Crippen LogP) is 3.35. The molecule has 2 N–H and O–H groups in total. The highest BCUT2D eigenvalue weighted by molar-refractivity contribution is 7.21. The van der Waals surface area contributed by atoms with E-state index in [9.17, 15) is 4.79 Å². The number of amides is 1. The normalized spacial score (nSPS) is 12.6. The maximum absolute atomic E-state index is 12.4. The zero-order chi connectivity index (χ0) is 13.3. The number of nitrogens with two attached hydrogens (primary N) is 1. The van der Waals surface area contributed by atoms with Crippen molar-refractivity contribution in [2.45, 2.75) is 26.3 Å². The molecule has 2 rings (SSSR count). The minimum atomic E-state index is 0.0167. The largest absolute Gasteiger partial charge is 0.397 e. The summed E-state index contributed by atoms with van der Waals surface area (Å²) in [7, 11) is 1.83. The number of rotatable bonds is 3. The molecule has 1 aromatic carbocycles. The van der Waals surface area contributed by atoms with Gasteiger partial charge in [-0.05, 0) is 19.4 Å². The first-order chi connectivity index (χ1) is 8.56. The summed E-state index contributed by atoms with van der Waals surface area (Å²) in [4.78, 5) is 14.8. The summed E-state index contributed by atoms with van der Waals surface area (Å²) in [6.07, 6.45) is 0.938. The zero-order valence-corrected chi connectivity index (χ0v) is 11.8. The van der Waals surface area contributed by atoms with Gasteiger partial charge in [0.2, 0.25) is 0 Å². The molecule has 2 aromatic rings. The fourth-order valence-electron chi connectivity index (χ4n) is 1.86. The number of fused-ring (bicyclic) bond motifs is 1. The van der Waals surface area contributed by atoms with Crippen LogP contribution in [0.2, 0.25) is 0 Å². The first-order valence-corrected chi connectivity index (χ1v) is 6.92. The van der Waals surface area contributed by atoms with Crippen molar-refractivity contribution in [2.75, 3.05) is 12.8 Å². The van der Waals surface area contributed by atoms with Gasteiger partial charge in [-0.25, -0.2) is 0 Å². The number of benzene rings is 1. The van der Waals surface area contributed by atoms with Crippen LogP contribution < -0.4 is 5.73 Å². The van der Waals surface area contributed by atoms with Crippen molar-refractivity contribution in [1.82, 2.24) is 4.90 Å². The Morgan fingerprint density at radius 3 is 2.72 bits per heavy atom. The van der Waals surface area contributed by atoms with E-state index in [0.717, 1.165) is 16.5 Å². The SMILES string of the molecule is CCC(C)N(C)C(=O)c1sc2ccccc2c1N. The standard InChI is InChI=1S/C14H18N2OS/c1-4-9(2)16(3)14(17)13-12(15)10-7-5-6-8-11(10)18-13/h5-9H,4,15H2,1-3H3. The fourth-order valence-corrected chi connectivity index (χ4v) is 2.96. The maximum Gasteiger partial charge on any atom is 0.266 e. The Morgan fingerprint density at radius 2 is 2.11 bits per heavy atom. The van der Waals surface area contributed by atoms with Crippen LogP contribution in [0.5, 0.6) is 0 Å². The minimum Gasteiger partial charge on any atom is -0.397 e. The topological polar surface area (TPSA) is 46.3 Å². The van der Waals surface area contributed by atoms with E-state index in [1.807, 2.05) is 38.2 Å². The van der Waals surface area contributed by atoms with Gasteiger partial charge in [0, 0.05) is 23.2 Å². The molecule has 0 spiro atoms. The number of anilines is 1. The van der Waals surface area contributed by atoms with Gasteiger partial charge in [-0.3, -0.25) is 4.79 Å². The average Bonchev–Trinajstić information content (AvgIpc) is 2.74. The molecule has 0 fully saturated rings. The van der Waals surface area contributed by atoms with Crippen LogP contribution in [0.4, 0.5) is 5.69 Å². The number of hydrogen-bond acceptors (Lipinski definition) is 3. The van der Waals surface area contributed by atoms with Gasteiger partial charge < -0.3 is 10.6 Å². The molecule has 0 saturated carbocycles. The van der Waals surface area contributed by atoms with E-state index in [2.05, 4.69) is 6.92 Å². The quantitative estimate of drug-likeness (QED) is 0.922. The van der Waals surface area contributed by atoms with Crippen LogP contribution in [0.3, 0.4) is 0 Å². The second-order valence-electron chi connectivity index (χ2n) is 4.51. The van der Waals surface area contributed by atoms with Crippen LogP contribution in [0.15, 0.2) is 24.3 Å². The van der Waals surface area contributed by atoms with Crippen LogP contribution >= 0.6 is 11.3 Å². The van der Waals surface area contributed by atoms with E-state index in [-0.39, 0.29) is 11.9 Å². The maximum atomic E-state index is 12.4. The van der Waals surface area contributed by atoms with E-state index in [1.54, 1.807) is 4.90 Å². The molecule has 0 aliphatic rings. The van der Waals surface area contributed by atoms with Gasteiger partial charge in [-0.15, -0.1) is 11.3 Å². The first-order valence-electron chi connectivity index (χ1n) is 6.10. The predicted molar refractivity (Wildman–Crippen MR) is 78.1 cm³/mol. The highest BCUT2D eigenvalue weighted by Crippen LogP contribution is 2.34. The molecular formula is C14H18N2OS. The van der Waals surface area contributed by atoms with Gasteiger partial charge in [0.05, 0.1) is 5.69 Å². The number of nitrogens with zero attached hydrogens (tertiary/aromatic N) is 1. The Labute approximate surface area is 111 Å². The molecule has 96 valence electrons. The lowest BCUT2D eigenvalue weighted by molar-refractivity contribution is 0.0746. The lowest BCUT2D eigenvalue weighted by atomic mass is 10.2. The van der Waals surface area contributed by atoms with Crippen molar-refractivity contribution in [2.24, 2.45) is 0 Å². The van der Waals surface area contributed by atoms with Gasteiger partial charge in [-0.1, -0.05) is 25.1 Å². The molecule has 1 amide bonds. The molecule has 4 heteroatoms. The summed E-state index contributed by atoms with van der Waals surface area (Å²) in [5, 5.41) is 0.975. The van der Waals surface area contributed by atoms with Crippen LogP contribution in [0, 0.1) is 0 Å². The minimum absolute atomic E-state index is 0.0167. The van der Waals surface area contributed by atoms with Crippen LogP contribution in [0.25, 0.3) is 10.1 Å². The molecule has 1 aromatic heterocycles. The highest BCUT2D eigenvalue weighted by Gasteiger charge is 2.21. The fraction of sp³-hybridized carbons (Fsp3) is 0.357. The summed E-state index contributed by atoms with van der Waals surface area (Å²) >= 11 is 1.47. The Kier molecular flexibility index (Phi) is 3.57. The summed E-state index contributed by atoms with van der Waals surface area (Å²) < 4.78 is 1.07. The lowest BCUT2D eigenvalue weighted by Crippen LogP contribution is -2.34. The molecule has 0 bridgehead atoms. The van der Waals surface area contributed by atoms with Crippen molar-refractivity contribution >= 4 is 33.0 Å². The zero-order valence-electron chi connectivity index (χ0n) is 10.9. The number of carbonyl (C=O) groups excluding carboxylic acids is 1. The molecular weight excluding hydrogens is 244 g/mol. The second kappa shape index (κ2) is 4.98. The Morgan fingerprint density at radius 1 is 1.44 bits per heavy atom. The molecule has 1 atom stereocenters. The van der Waals surface area contributed by atoms with E-state index in [1.165, 1.54) is 11.3 Å². The van der Waals surface area contributed by atoms with Crippen molar-refractivity contribution in [1.29, 1.82) is 0 Å². The monoisotopic (exact) mass is 262 g/mol. The van der Waals surface area contributed by atoms with Gasteiger partial charge in [0.25, 0.3) is 5.91 Å². The van der Waals surface area contributed by atoms with E-state index in [0.29, 0.717) is 10.6 Å². The summed E-state index contributed by atoms with van der Waals surface area (Å²) in [6.45, 7) is 4.12. The molecule has 18 heavy (non-hydrogen) atoms. The second-order valence-corrected chi connectivity index (χ2v) is 5.57. The number of carbonyl (C=O) groups is 1. The average molecular weight is 262 g/mol. The Hall–Kier alpha value is -1.55. The van der Waals surface area contributed by atoms with E-state index in [4.69, 9.17) is 5.73 Å². The highest BCUT2D eigenvalue weighted by atomic mass is 32.1. The summed E-state index contributed by atoms with van der Waals surface area (Å²) in [5.41, 5.74) is 6.69. The smallest absolute Gasteiger partial charge is 0.266 e. The lowest BCUT2D eigenvalue weighted by Gasteiger charge is -2.23. The third-order valence-corrected chi connectivity index (χ3v) is 4.58. The molecule has 0 aliphatic carbocycles. The molecule has 3 nitrogen and oxygen atoms in total. The van der Waals surface area contributed by atoms with Crippen LogP contribution in [0.1, 0.15) is 29.9 Å². The summed E-state index contributed by atoms with van der Waals surface area (Å²) in [5.74, 6) is 0.0167. The molecule has 1 unspecified atom stereocenters. The van der Waals surface area contributed by atoms with Gasteiger partial charge in [-0.2, -0.15) is 0 Å². The summed E-state index contributed by atoms with van der Waals surface area (Å²) in [6, 6.07) is 8.09. The molecule has 0 aliphatic heterocycles. The third kappa shape index (κ3) is 2.08. The van der Waals surface area contributed by atoms with Crippen LogP contribution in [-0.4, -0.2) is 23.9 Å². The molecule has 1 heterocycles. The molecule has 0 saturated heterocycles. The van der Waals surface area contributed by atoms with Crippen molar-refractivity contribution < 1.29 is 4.79 Å². The third-order valence-electron chi connectivity index (χ3n) is 3.40. The number of nitrogen functional groups attached to an aromatic ring is 1.